The third kappa shape index (κ3) is 2.01. The number of hydrogen-bond donors (Lipinski definition) is 1. The minimum Gasteiger partial charge on any atom is -0.377 e. The first kappa shape index (κ1) is 10.9. The Kier molecular flexibility index (Phi) is 2.53. The van der Waals surface area contributed by atoms with E-state index in [4.69, 9.17) is 0 Å². The van der Waals surface area contributed by atoms with E-state index in [1.165, 1.54) is 6.42 Å². The van der Waals surface area contributed by atoms with Crippen molar-refractivity contribution >= 4 is 5.69 Å². The molecule has 2 aliphatic rings. The molecule has 0 spiro atoms. The van der Waals surface area contributed by atoms with Crippen molar-refractivity contribution in [2.75, 3.05) is 5.32 Å². The Morgan fingerprint density at radius 2 is 1.76 bits per heavy atom. The summed E-state index contributed by atoms with van der Waals surface area (Å²) in [4.78, 5) is 0. The third-order valence-electron chi connectivity index (χ3n) is 3.92. The monoisotopic (exact) mass is 241 g/mol. The second kappa shape index (κ2) is 3.93. The molecule has 1 nitrogen and oxygen atoms in total. The smallest absolute Gasteiger partial charge is 0.152 e. The van der Waals surface area contributed by atoms with E-state index in [0.717, 1.165) is 37.3 Å². The van der Waals surface area contributed by atoms with Gasteiger partial charge in [-0.25, -0.2) is 13.2 Å². The Morgan fingerprint density at radius 1 is 1.06 bits per heavy atom. The van der Waals surface area contributed by atoms with Gasteiger partial charge in [0.1, 0.15) is 11.5 Å². The Hall–Kier alpha value is -1.19. The lowest BCUT2D eigenvalue weighted by molar-refractivity contribution is 0.435. The van der Waals surface area contributed by atoms with Crippen LogP contribution >= 0.6 is 0 Å². The van der Waals surface area contributed by atoms with Crippen molar-refractivity contribution in [3.8, 4) is 0 Å². The fourth-order valence-corrected chi connectivity index (χ4v) is 2.95. The van der Waals surface area contributed by atoms with Crippen LogP contribution in [0.1, 0.15) is 25.7 Å². The lowest BCUT2D eigenvalue weighted by Crippen LogP contribution is -2.26. The molecule has 0 radical (unpaired) electrons. The molecule has 0 amide bonds. The molecular weight excluding hydrogens is 227 g/mol. The number of nitrogens with one attached hydrogen (secondary N) is 1. The summed E-state index contributed by atoms with van der Waals surface area (Å²) in [6.07, 6.45) is 4.43. The number of hydrogen-bond acceptors (Lipinski definition) is 1. The van der Waals surface area contributed by atoms with Crippen LogP contribution in [0.3, 0.4) is 0 Å². The molecule has 2 aliphatic carbocycles. The number of anilines is 1. The van der Waals surface area contributed by atoms with Crippen molar-refractivity contribution in [2.45, 2.75) is 31.7 Å². The van der Waals surface area contributed by atoms with Crippen molar-refractivity contribution in [1.29, 1.82) is 0 Å². The lowest BCUT2D eigenvalue weighted by Gasteiger charge is -2.24. The van der Waals surface area contributed by atoms with Crippen LogP contribution in [0.2, 0.25) is 0 Å². The van der Waals surface area contributed by atoms with Gasteiger partial charge in [0.15, 0.2) is 11.6 Å². The first-order chi connectivity index (χ1) is 8.15. The quantitative estimate of drug-likeness (QED) is 0.832. The molecule has 0 saturated heterocycles. The van der Waals surface area contributed by atoms with Crippen LogP contribution < -0.4 is 5.32 Å². The van der Waals surface area contributed by atoms with E-state index >= 15 is 0 Å². The van der Waals surface area contributed by atoms with Crippen LogP contribution in [-0.2, 0) is 0 Å². The first-order valence-corrected chi connectivity index (χ1v) is 6.06. The van der Waals surface area contributed by atoms with Gasteiger partial charge in [-0.2, -0.15) is 0 Å². The van der Waals surface area contributed by atoms with E-state index < -0.39 is 17.5 Å². The lowest BCUT2D eigenvalue weighted by atomic mass is 9.95. The molecule has 0 bridgehead atoms. The highest BCUT2D eigenvalue weighted by molar-refractivity contribution is 5.47. The van der Waals surface area contributed by atoms with Gasteiger partial charge in [-0.05, 0) is 24.7 Å². The number of benzene rings is 1. The van der Waals surface area contributed by atoms with Crippen LogP contribution in [0.4, 0.5) is 18.9 Å². The molecule has 4 heteroatoms. The van der Waals surface area contributed by atoms with Crippen molar-refractivity contribution in [1.82, 2.24) is 0 Å². The summed E-state index contributed by atoms with van der Waals surface area (Å²) in [5.74, 6) is -1.28. The molecule has 1 unspecified atom stereocenters. The highest BCUT2D eigenvalue weighted by Crippen LogP contribution is 2.50. The molecule has 3 rings (SSSR count). The first-order valence-electron chi connectivity index (χ1n) is 6.06. The summed E-state index contributed by atoms with van der Waals surface area (Å²) < 4.78 is 39.7. The van der Waals surface area contributed by atoms with E-state index in [0.29, 0.717) is 5.92 Å². The van der Waals surface area contributed by atoms with Gasteiger partial charge in [-0.15, -0.1) is 0 Å². The molecule has 92 valence electrons. The highest BCUT2D eigenvalue weighted by atomic mass is 19.1. The molecule has 0 aromatic heterocycles. The molecule has 2 fully saturated rings. The zero-order valence-corrected chi connectivity index (χ0v) is 9.35. The second-order valence-corrected chi connectivity index (χ2v) is 5.09. The highest BCUT2D eigenvalue weighted by Gasteiger charge is 2.45. The van der Waals surface area contributed by atoms with Crippen molar-refractivity contribution in [3.05, 3.63) is 29.6 Å². The summed E-state index contributed by atoms with van der Waals surface area (Å²) in [5, 5.41) is 2.92. The SMILES string of the molecule is Fc1cc(F)c(NC2CCC[C@H]3C[C@@H]23)c(F)c1. The van der Waals surface area contributed by atoms with Gasteiger partial charge in [0.05, 0.1) is 0 Å². The van der Waals surface area contributed by atoms with Crippen molar-refractivity contribution < 1.29 is 13.2 Å². The molecule has 3 atom stereocenters. The minimum absolute atomic E-state index is 0.142. The van der Waals surface area contributed by atoms with E-state index in [2.05, 4.69) is 5.32 Å². The molecule has 1 N–H and O–H groups in total. The number of fused-ring (bicyclic) bond motifs is 1. The second-order valence-electron chi connectivity index (χ2n) is 5.09. The maximum absolute atomic E-state index is 13.5. The Morgan fingerprint density at radius 3 is 2.47 bits per heavy atom. The maximum atomic E-state index is 13.5. The topological polar surface area (TPSA) is 12.0 Å². The summed E-state index contributed by atoms with van der Waals surface area (Å²) in [7, 11) is 0. The van der Waals surface area contributed by atoms with E-state index in [1.807, 2.05) is 0 Å². The van der Waals surface area contributed by atoms with Gasteiger partial charge in [0.25, 0.3) is 0 Å². The summed E-state index contributed by atoms with van der Waals surface area (Å²) >= 11 is 0. The van der Waals surface area contributed by atoms with Crippen molar-refractivity contribution in [2.24, 2.45) is 11.8 Å². The largest absolute Gasteiger partial charge is 0.377 e. The molecule has 1 aromatic carbocycles. The van der Waals surface area contributed by atoms with Crippen LogP contribution in [0.15, 0.2) is 12.1 Å². The average molecular weight is 241 g/mol. The normalized spacial score (nSPS) is 30.9. The van der Waals surface area contributed by atoms with Crippen LogP contribution in [0, 0.1) is 29.3 Å². The van der Waals surface area contributed by atoms with Crippen molar-refractivity contribution in [3.63, 3.8) is 0 Å². The van der Waals surface area contributed by atoms with E-state index in [1.54, 1.807) is 0 Å². The average Bonchev–Trinajstić information content (AvgIpc) is 3.02. The number of rotatable bonds is 2. The summed E-state index contributed by atoms with van der Waals surface area (Å²) in [6, 6.07) is 1.58. The summed E-state index contributed by atoms with van der Waals surface area (Å²) in [5.41, 5.74) is -0.177. The zero-order chi connectivity index (χ0) is 12.0. The van der Waals surface area contributed by atoms with E-state index in [9.17, 15) is 13.2 Å². The molecule has 2 saturated carbocycles. The molecule has 17 heavy (non-hydrogen) atoms. The minimum atomic E-state index is -0.876. The van der Waals surface area contributed by atoms with Gasteiger partial charge < -0.3 is 5.32 Å². The molecule has 1 aromatic rings. The fourth-order valence-electron chi connectivity index (χ4n) is 2.95. The van der Waals surface area contributed by atoms with Crippen LogP contribution in [0.5, 0.6) is 0 Å². The third-order valence-corrected chi connectivity index (χ3v) is 3.92. The molecule has 0 aliphatic heterocycles. The van der Waals surface area contributed by atoms with Gasteiger partial charge in [-0.3, -0.25) is 0 Å². The van der Waals surface area contributed by atoms with Crippen LogP contribution in [0.25, 0.3) is 0 Å². The Bertz CT molecular complexity index is 423. The fraction of sp³-hybridized carbons (Fsp3) is 0.538. The number of halogens is 3. The Balaban J connectivity index is 1.80. The molecular formula is C13H14F3N. The standard InChI is InChI=1S/C13H14F3N/c14-8-5-10(15)13(11(16)6-8)17-12-3-1-2-7-4-9(7)12/h5-7,9,12,17H,1-4H2/t7-,9+,12?/m0/s1. The van der Waals surface area contributed by atoms with E-state index in [-0.39, 0.29) is 11.7 Å². The van der Waals surface area contributed by atoms with Crippen LogP contribution in [-0.4, -0.2) is 6.04 Å². The summed E-state index contributed by atoms with van der Waals surface area (Å²) in [6.45, 7) is 0. The van der Waals surface area contributed by atoms with Gasteiger partial charge in [-0.1, -0.05) is 12.8 Å². The molecule has 0 heterocycles. The van der Waals surface area contributed by atoms with Gasteiger partial charge in [0.2, 0.25) is 0 Å². The Labute approximate surface area is 98.0 Å². The van der Waals surface area contributed by atoms with Gasteiger partial charge in [0, 0.05) is 18.2 Å². The zero-order valence-electron chi connectivity index (χ0n) is 9.35. The predicted molar refractivity (Wildman–Crippen MR) is 59.2 cm³/mol. The maximum Gasteiger partial charge on any atom is 0.152 e. The van der Waals surface area contributed by atoms with Gasteiger partial charge >= 0.3 is 0 Å². The predicted octanol–water partition coefficient (Wildman–Crippen LogP) is 3.70.